The van der Waals surface area contributed by atoms with Gasteiger partial charge < -0.3 is 5.11 Å². The lowest BCUT2D eigenvalue weighted by molar-refractivity contribution is 0.0695. The van der Waals surface area contributed by atoms with Gasteiger partial charge >= 0.3 is 5.97 Å². The van der Waals surface area contributed by atoms with E-state index in [9.17, 15) is 18.5 Å². The fourth-order valence-electron chi connectivity index (χ4n) is 2.37. The summed E-state index contributed by atoms with van der Waals surface area (Å²) in [6.45, 7) is 5.60. The summed E-state index contributed by atoms with van der Waals surface area (Å²) < 4.78 is 25.7. The van der Waals surface area contributed by atoms with Crippen molar-refractivity contribution in [2.75, 3.05) is 5.75 Å². The van der Waals surface area contributed by atoms with Gasteiger partial charge in [0.25, 0.3) is 0 Å². The molecule has 6 heteroatoms. The number of nitrogens with zero attached hydrogens (tertiary/aromatic N) is 1. The quantitative estimate of drug-likeness (QED) is 0.896. The molecule has 1 aromatic carbocycles. The minimum Gasteiger partial charge on any atom is -0.478 e. The van der Waals surface area contributed by atoms with Crippen LogP contribution in [0.4, 0.5) is 4.39 Å². The van der Waals surface area contributed by atoms with Crippen LogP contribution in [0.5, 0.6) is 0 Å². The van der Waals surface area contributed by atoms with E-state index in [-0.39, 0.29) is 11.3 Å². The number of hydrogen-bond donors (Lipinski definition) is 1. The van der Waals surface area contributed by atoms with E-state index in [1.54, 1.807) is 18.5 Å². The first-order chi connectivity index (χ1) is 11.2. The second kappa shape index (κ2) is 7.21. The molecular weight excluding hydrogens is 329 g/mol. The van der Waals surface area contributed by atoms with E-state index in [1.165, 1.54) is 12.1 Å². The largest absolute Gasteiger partial charge is 0.478 e. The molecule has 1 heterocycles. The third-order valence-corrected chi connectivity index (χ3v) is 5.71. The van der Waals surface area contributed by atoms with Crippen LogP contribution < -0.4 is 0 Å². The average molecular weight is 349 g/mol. The summed E-state index contributed by atoms with van der Waals surface area (Å²) >= 11 is 0. The Morgan fingerprint density at radius 2 is 2.04 bits per heavy atom. The Morgan fingerprint density at radius 3 is 2.58 bits per heavy atom. The van der Waals surface area contributed by atoms with Gasteiger partial charge in [-0.15, -0.1) is 0 Å². The zero-order valence-electron chi connectivity index (χ0n) is 13.8. The highest BCUT2D eigenvalue weighted by atomic mass is 32.2. The normalized spacial score (nSPS) is 14.2. The summed E-state index contributed by atoms with van der Waals surface area (Å²) in [4.78, 5) is 15.6. The number of hydrogen-bond acceptors (Lipinski definition) is 3. The Hall–Kier alpha value is -2.08. The van der Waals surface area contributed by atoms with Crippen LogP contribution in [-0.2, 0) is 10.8 Å². The number of carboxylic acid groups (broad SMARTS) is 1. The molecule has 2 aromatic rings. The smallest absolute Gasteiger partial charge is 0.336 e. The third kappa shape index (κ3) is 4.26. The fraction of sp³-hybridized carbons (Fsp3) is 0.333. The number of benzene rings is 1. The van der Waals surface area contributed by atoms with Crippen molar-refractivity contribution in [1.29, 1.82) is 0 Å². The Kier molecular flexibility index (Phi) is 5.49. The number of halogens is 1. The van der Waals surface area contributed by atoms with Gasteiger partial charge in [-0.1, -0.05) is 12.1 Å². The minimum absolute atomic E-state index is 0.116. The van der Waals surface area contributed by atoms with E-state index in [0.29, 0.717) is 5.56 Å². The maximum Gasteiger partial charge on any atom is 0.336 e. The second-order valence-electron chi connectivity index (χ2n) is 6.50. The number of aromatic nitrogens is 1. The van der Waals surface area contributed by atoms with Crippen LogP contribution in [0.1, 0.15) is 48.2 Å². The molecule has 0 radical (unpaired) electrons. The molecule has 0 saturated heterocycles. The van der Waals surface area contributed by atoms with Gasteiger partial charge in [-0.25, -0.2) is 9.18 Å². The zero-order valence-corrected chi connectivity index (χ0v) is 14.6. The lowest BCUT2D eigenvalue weighted by Crippen LogP contribution is -2.28. The van der Waals surface area contributed by atoms with Crippen molar-refractivity contribution in [2.24, 2.45) is 0 Å². The van der Waals surface area contributed by atoms with Gasteiger partial charge in [0.1, 0.15) is 5.82 Å². The summed E-state index contributed by atoms with van der Waals surface area (Å²) in [5, 5.41) is 9.42. The molecule has 0 fully saturated rings. The van der Waals surface area contributed by atoms with Crippen LogP contribution in [0.3, 0.4) is 0 Å². The molecule has 0 aliphatic rings. The van der Waals surface area contributed by atoms with Crippen molar-refractivity contribution in [1.82, 2.24) is 4.98 Å². The fourth-order valence-corrected chi connectivity index (χ4v) is 3.54. The van der Waals surface area contributed by atoms with Crippen LogP contribution >= 0.6 is 0 Å². The minimum atomic E-state index is -1.21. The predicted octanol–water partition coefficient (Wildman–Crippen LogP) is 3.60. The number of carbonyl (C=O) groups is 1. The lowest BCUT2D eigenvalue weighted by Gasteiger charge is -2.24. The Bertz CT molecular complexity index is 757. The third-order valence-electron chi connectivity index (χ3n) is 3.71. The van der Waals surface area contributed by atoms with Crippen molar-refractivity contribution >= 4 is 16.8 Å². The molecule has 4 nitrogen and oxygen atoms in total. The maximum absolute atomic E-state index is 13.5. The van der Waals surface area contributed by atoms with Gasteiger partial charge in [0.2, 0.25) is 0 Å². The lowest BCUT2D eigenvalue weighted by atomic mass is 9.90. The zero-order chi connectivity index (χ0) is 17.9. The van der Waals surface area contributed by atoms with Crippen LogP contribution in [-0.4, -0.2) is 30.8 Å². The van der Waals surface area contributed by atoms with Crippen molar-refractivity contribution in [3.8, 4) is 0 Å². The van der Waals surface area contributed by atoms with Crippen LogP contribution in [0.2, 0.25) is 0 Å². The monoisotopic (exact) mass is 349 g/mol. The summed E-state index contributed by atoms with van der Waals surface area (Å²) in [5.41, 5.74) is 1.08. The van der Waals surface area contributed by atoms with Gasteiger partial charge in [0.05, 0.1) is 5.56 Å². The van der Waals surface area contributed by atoms with Crippen molar-refractivity contribution in [2.45, 2.75) is 31.4 Å². The molecule has 1 aromatic heterocycles. The van der Waals surface area contributed by atoms with Crippen molar-refractivity contribution in [3.05, 3.63) is 65.2 Å². The molecule has 0 aliphatic heterocycles. The highest BCUT2D eigenvalue weighted by Gasteiger charge is 2.28. The molecule has 2 unspecified atom stereocenters. The van der Waals surface area contributed by atoms with E-state index < -0.39 is 33.3 Å². The summed E-state index contributed by atoms with van der Waals surface area (Å²) in [5.74, 6) is -2.02. The van der Waals surface area contributed by atoms with Crippen LogP contribution in [0.25, 0.3) is 0 Å². The van der Waals surface area contributed by atoms with Gasteiger partial charge in [0, 0.05) is 39.6 Å². The number of aromatic carboxylic acids is 1. The van der Waals surface area contributed by atoms with Gasteiger partial charge in [-0.2, -0.15) is 0 Å². The van der Waals surface area contributed by atoms with Crippen molar-refractivity contribution in [3.63, 3.8) is 0 Å². The van der Waals surface area contributed by atoms with Gasteiger partial charge in [-0.05, 0) is 50.1 Å². The van der Waals surface area contributed by atoms with Crippen molar-refractivity contribution < 1.29 is 18.5 Å². The summed E-state index contributed by atoms with van der Waals surface area (Å²) in [7, 11) is -1.21. The Morgan fingerprint density at radius 1 is 1.33 bits per heavy atom. The van der Waals surface area contributed by atoms with Gasteiger partial charge in [-0.3, -0.25) is 9.19 Å². The standard InChI is InChI=1S/C18H20FNO3S/c1-18(2,3)24(23)11-16(12-5-4-8-20-10-12)14-7-6-13(19)9-15(14)17(21)22/h4-10,16H,11H2,1-3H3,(H,21,22). The van der Waals surface area contributed by atoms with Crippen LogP contribution in [0.15, 0.2) is 42.7 Å². The van der Waals surface area contributed by atoms with E-state index >= 15 is 0 Å². The topological polar surface area (TPSA) is 67.3 Å². The number of carboxylic acids is 1. The van der Waals surface area contributed by atoms with Crippen LogP contribution in [0, 0.1) is 5.82 Å². The van der Waals surface area contributed by atoms with E-state index in [0.717, 1.165) is 11.6 Å². The maximum atomic E-state index is 13.5. The first-order valence-electron chi connectivity index (χ1n) is 7.51. The van der Waals surface area contributed by atoms with Gasteiger partial charge in [0.15, 0.2) is 0 Å². The molecular formula is C18H20FNO3S. The molecule has 0 bridgehead atoms. The Labute approximate surface area is 143 Å². The highest BCUT2D eigenvalue weighted by molar-refractivity contribution is 7.86. The average Bonchev–Trinajstić information content (AvgIpc) is 2.52. The molecule has 2 rings (SSSR count). The molecule has 24 heavy (non-hydrogen) atoms. The Balaban J connectivity index is 2.55. The predicted molar refractivity (Wildman–Crippen MR) is 92.2 cm³/mol. The summed E-state index contributed by atoms with van der Waals surface area (Å²) in [6, 6.07) is 7.24. The molecule has 128 valence electrons. The highest BCUT2D eigenvalue weighted by Crippen LogP contribution is 2.30. The molecule has 0 saturated carbocycles. The van der Waals surface area contributed by atoms with E-state index in [2.05, 4.69) is 4.98 Å². The number of rotatable bonds is 5. The SMILES string of the molecule is CC(C)(C)S(=O)CC(c1cccnc1)c1ccc(F)cc1C(=O)O. The first kappa shape index (κ1) is 18.3. The van der Waals surface area contributed by atoms with E-state index in [4.69, 9.17) is 0 Å². The molecule has 0 spiro atoms. The number of pyridine rings is 1. The molecule has 0 amide bonds. The second-order valence-corrected chi connectivity index (χ2v) is 8.75. The van der Waals surface area contributed by atoms with E-state index in [1.807, 2.05) is 26.8 Å². The summed E-state index contributed by atoms with van der Waals surface area (Å²) in [6.07, 6.45) is 3.24. The molecule has 0 aliphatic carbocycles. The first-order valence-corrected chi connectivity index (χ1v) is 8.83. The molecule has 1 N–H and O–H groups in total. The molecule has 2 atom stereocenters.